The van der Waals surface area contributed by atoms with Crippen molar-refractivity contribution >= 4 is 50.4 Å². The zero-order valence-electron chi connectivity index (χ0n) is 37.4. The molecule has 0 fully saturated rings. The number of ether oxygens (including phenoxy) is 3. The first-order valence-electron chi connectivity index (χ1n) is 21.3. The van der Waals surface area contributed by atoms with E-state index in [2.05, 4.69) is 67.2 Å². The van der Waals surface area contributed by atoms with Crippen molar-refractivity contribution in [2.75, 3.05) is 16.8 Å². The average Bonchev–Trinajstić information content (AvgIpc) is 3.65. The maximum Gasteiger partial charge on any atom is 0.425 e. The first-order chi connectivity index (χ1) is 30.5. The number of pyridine rings is 1. The van der Waals surface area contributed by atoms with Gasteiger partial charge in [-0.2, -0.15) is 4.90 Å². The molecule has 7 aromatic rings. The number of aromatic nitrogens is 3. The zero-order chi connectivity index (χ0) is 45.8. The SMILES string of the molecule is CCOc1cc(CC)cc(C(Nc2ccc3c(N(C(=O)OC(C)(C)C)C(=O)OC(C)(C)C)nccc3c2)c2nc(Br)cn2C(c2ccccc2)(c2ccccc2)c2ccccc2)c1F. The Morgan fingerprint density at radius 2 is 1.31 bits per heavy atom. The van der Waals surface area contributed by atoms with Crippen LogP contribution < -0.4 is 15.0 Å². The molecule has 1 unspecified atom stereocenters. The summed E-state index contributed by atoms with van der Waals surface area (Å²) >= 11 is 3.75. The van der Waals surface area contributed by atoms with Crippen molar-refractivity contribution in [3.8, 4) is 5.75 Å². The molecule has 1 N–H and O–H groups in total. The molecule has 7 rings (SSSR count). The number of fused-ring (bicyclic) bond motifs is 1. The number of imidazole rings is 1. The fourth-order valence-electron chi connectivity index (χ4n) is 7.89. The molecule has 0 saturated heterocycles. The number of carbonyl (C=O) groups is 2. The molecular weight excluding hydrogens is 874 g/mol. The van der Waals surface area contributed by atoms with E-state index in [9.17, 15) is 9.59 Å². The Labute approximate surface area is 382 Å². The molecule has 0 aliphatic rings. The van der Waals surface area contributed by atoms with Crippen LogP contribution in [0.2, 0.25) is 0 Å². The van der Waals surface area contributed by atoms with Crippen LogP contribution in [0.5, 0.6) is 5.75 Å². The number of halogens is 2. The van der Waals surface area contributed by atoms with Gasteiger partial charge in [-0.3, -0.25) is 0 Å². The topological polar surface area (TPSA) is 108 Å². The Hall–Kier alpha value is -6.53. The second-order valence-corrected chi connectivity index (χ2v) is 18.1. The number of aryl methyl sites for hydroxylation is 1. The Bertz CT molecular complexity index is 2630. The van der Waals surface area contributed by atoms with Gasteiger partial charge in [0.15, 0.2) is 17.4 Å². The lowest BCUT2D eigenvalue weighted by Gasteiger charge is -2.39. The molecule has 10 nitrogen and oxygen atoms in total. The maximum atomic E-state index is 17.3. The van der Waals surface area contributed by atoms with Crippen molar-refractivity contribution in [3.63, 3.8) is 0 Å². The van der Waals surface area contributed by atoms with E-state index >= 15 is 4.39 Å². The Morgan fingerprint density at radius 3 is 1.81 bits per heavy atom. The highest BCUT2D eigenvalue weighted by molar-refractivity contribution is 9.10. The van der Waals surface area contributed by atoms with Crippen LogP contribution in [0.15, 0.2) is 144 Å². The van der Waals surface area contributed by atoms with Crippen molar-refractivity contribution < 1.29 is 28.2 Å². The smallest absolute Gasteiger partial charge is 0.425 e. The summed E-state index contributed by atoms with van der Waals surface area (Å²) in [4.78, 5) is 38.0. The van der Waals surface area contributed by atoms with Crippen LogP contribution in [0.4, 0.5) is 25.5 Å². The number of imide groups is 1. The van der Waals surface area contributed by atoms with E-state index in [-0.39, 0.29) is 18.2 Å². The summed E-state index contributed by atoms with van der Waals surface area (Å²) in [7, 11) is 0. The molecule has 0 aliphatic carbocycles. The van der Waals surface area contributed by atoms with Gasteiger partial charge in [-0.1, -0.05) is 104 Å². The highest BCUT2D eigenvalue weighted by Crippen LogP contribution is 2.45. The van der Waals surface area contributed by atoms with Gasteiger partial charge in [0, 0.05) is 29.0 Å². The van der Waals surface area contributed by atoms with Crippen molar-refractivity contribution in [2.24, 2.45) is 0 Å². The lowest BCUT2D eigenvalue weighted by molar-refractivity contribution is 0.0429. The Kier molecular flexibility index (Phi) is 13.3. The Morgan fingerprint density at radius 1 is 0.766 bits per heavy atom. The van der Waals surface area contributed by atoms with Gasteiger partial charge in [0.1, 0.15) is 33.2 Å². The van der Waals surface area contributed by atoms with Gasteiger partial charge in [0.05, 0.1) is 6.61 Å². The van der Waals surface area contributed by atoms with Crippen LogP contribution in [0, 0.1) is 5.82 Å². The fraction of sp³-hybridized carbons (Fsp3) is 0.269. The van der Waals surface area contributed by atoms with Gasteiger partial charge < -0.3 is 24.1 Å². The number of rotatable bonds is 12. The van der Waals surface area contributed by atoms with E-state index in [1.54, 1.807) is 65.8 Å². The predicted molar refractivity (Wildman–Crippen MR) is 254 cm³/mol. The minimum absolute atomic E-state index is 0.0324. The van der Waals surface area contributed by atoms with E-state index in [1.807, 2.05) is 86.8 Å². The third kappa shape index (κ3) is 9.52. The largest absolute Gasteiger partial charge is 0.491 e. The van der Waals surface area contributed by atoms with Gasteiger partial charge in [0.2, 0.25) is 0 Å². The number of hydrogen-bond donors (Lipinski definition) is 1. The number of nitrogens with one attached hydrogen (secondary N) is 1. The summed E-state index contributed by atoms with van der Waals surface area (Å²) < 4.78 is 37.2. The standard InChI is InChI=1S/C52H53BrFN5O5/c1-9-34-30-41(44(54)42(31-34)62-10-2)45(56-39-26-27-40-35(32-39)28-29-55-46(40)59(48(60)63-50(3,4)5)49(61)64-51(6,7)8)47-57-43(53)33-58(47)52(36-20-14-11-15-21-36,37-22-16-12-17-23-37)38-24-18-13-19-25-38/h11-33,45,56H,9-10H2,1-8H3. The Balaban J connectivity index is 1.47. The molecular formula is C52H53BrFN5O5. The van der Waals surface area contributed by atoms with Gasteiger partial charge >= 0.3 is 12.2 Å². The molecule has 330 valence electrons. The summed E-state index contributed by atoms with van der Waals surface area (Å²) in [6.45, 7) is 14.4. The van der Waals surface area contributed by atoms with Crippen molar-refractivity contribution in [3.05, 3.63) is 184 Å². The first-order valence-corrected chi connectivity index (χ1v) is 22.1. The molecule has 2 amide bonds. The molecule has 0 aliphatic heterocycles. The van der Waals surface area contributed by atoms with Crippen LogP contribution in [-0.4, -0.2) is 44.5 Å². The third-order valence-corrected chi connectivity index (χ3v) is 10.8. The quantitative estimate of drug-likeness (QED) is 0.121. The molecule has 64 heavy (non-hydrogen) atoms. The highest BCUT2D eigenvalue weighted by Gasteiger charge is 2.42. The second-order valence-electron chi connectivity index (χ2n) is 17.3. The van der Waals surface area contributed by atoms with Crippen LogP contribution in [0.3, 0.4) is 0 Å². The summed E-state index contributed by atoms with van der Waals surface area (Å²) in [5.74, 6) is 0.143. The number of anilines is 2. The summed E-state index contributed by atoms with van der Waals surface area (Å²) in [5.41, 5.74) is 1.83. The molecule has 1 atom stereocenters. The number of hydrogen-bond acceptors (Lipinski definition) is 8. The normalized spacial score (nSPS) is 12.4. The third-order valence-electron chi connectivity index (χ3n) is 10.5. The number of benzene rings is 5. The summed E-state index contributed by atoms with van der Waals surface area (Å²) in [5, 5.41) is 4.78. The van der Waals surface area contributed by atoms with Crippen LogP contribution in [0.1, 0.15) is 95.1 Å². The lowest BCUT2D eigenvalue weighted by atomic mass is 9.76. The van der Waals surface area contributed by atoms with Gasteiger partial charge in [-0.15, -0.1) is 0 Å². The van der Waals surface area contributed by atoms with Crippen molar-refractivity contribution in [1.29, 1.82) is 0 Å². The molecule has 0 bridgehead atoms. The number of nitrogens with zero attached hydrogens (tertiary/aromatic N) is 4. The van der Waals surface area contributed by atoms with Crippen molar-refractivity contribution in [1.82, 2.24) is 14.5 Å². The van der Waals surface area contributed by atoms with Gasteiger partial charge in [-0.05, 0) is 129 Å². The predicted octanol–water partition coefficient (Wildman–Crippen LogP) is 13.0. The molecule has 0 spiro atoms. The van der Waals surface area contributed by atoms with E-state index < -0.39 is 40.8 Å². The van der Waals surface area contributed by atoms with Crippen LogP contribution >= 0.6 is 15.9 Å². The monoisotopic (exact) mass is 925 g/mol. The molecule has 0 radical (unpaired) electrons. The highest BCUT2D eigenvalue weighted by atomic mass is 79.9. The van der Waals surface area contributed by atoms with E-state index in [0.29, 0.717) is 38.9 Å². The van der Waals surface area contributed by atoms with E-state index in [4.69, 9.17) is 19.2 Å². The first kappa shape index (κ1) is 45.5. The van der Waals surface area contributed by atoms with Gasteiger partial charge in [0.25, 0.3) is 0 Å². The molecule has 2 heterocycles. The summed E-state index contributed by atoms with van der Waals surface area (Å²) in [6.07, 6.45) is 2.21. The van der Waals surface area contributed by atoms with Crippen LogP contribution in [0.25, 0.3) is 10.8 Å². The molecule has 12 heteroatoms. The van der Waals surface area contributed by atoms with E-state index in [1.165, 1.54) is 6.20 Å². The second kappa shape index (κ2) is 18.7. The van der Waals surface area contributed by atoms with Gasteiger partial charge in [-0.25, -0.2) is 23.9 Å². The molecule has 5 aromatic carbocycles. The fourth-order valence-corrected chi connectivity index (χ4v) is 8.27. The lowest BCUT2D eigenvalue weighted by Crippen LogP contribution is -2.44. The van der Waals surface area contributed by atoms with E-state index in [0.717, 1.165) is 27.2 Å². The van der Waals surface area contributed by atoms with Crippen molar-refractivity contribution in [2.45, 2.75) is 84.6 Å². The number of amides is 2. The molecule has 2 aromatic heterocycles. The zero-order valence-corrected chi connectivity index (χ0v) is 38.9. The minimum Gasteiger partial charge on any atom is -0.491 e. The summed E-state index contributed by atoms with van der Waals surface area (Å²) in [6, 6.07) is 40.5. The minimum atomic E-state index is -1.00. The molecule has 0 saturated carbocycles. The van der Waals surface area contributed by atoms with Crippen LogP contribution in [-0.2, 0) is 21.4 Å². The maximum absolute atomic E-state index is 17.3. The average molecular weight is 927 g/mol. The number of carbonyl (C=O) groups excluding carboxylic acids is 2.